The monoisotopic (exact) mass is 432 g/mol. The number of carbonyl (C=O) groups is 1. The van der Waals surface area contributed by atoms with Crippen LogP contribution in [0.25, 0.3) is 0 Å². The van der Waals surface area contributed by atoms with Crippen LogP contribution in [-0.4, -0.2) is 50.6 Å². The molecule has 2 unspecified atom stereocenters. The van der Waals surface area contributed by atoms with Crippen LogP contribution in [-0.2, 0) is 10.9 Å². The van der Waals surface area contributed by atoms with Gasteiger partial charge in [0.15, 0.2) is 0 Å². The molecule has 29 heavy (non-hydrogen) atoms. The fourth-order valence-electron chi connectivity index (χ4n) is 4.04. The van der Waals surface area contributed by atoms with Gasteiger partial charge in [-0.15, -0.1) is 11.8 Å². The molecule has 9 heteroatoms. The SMILES string of the molecule is COc1cc(C(F)(F)F)cc(SC)c1C(=O)NC1CCCC1NC1CCOCC1. The average Bonchev–Trinajstić information content (AvgIpc) is 3.13. The molecule has 1 amide bonds. The van der Waals surface area contributed by atoms with Crippen LogP contribution in [0.5, 0.6) is 5.75 Å². The van der Waals surface area contributed by atoms with Crippen molar-refractivity contribution in [2.75, 3.05) is 26.6 Å². The first-order valence-corrected chi connectivity index (χ1v) is 11.0. The van der Waals surface area contributed by atoms with Crippen molar-refractivity contribution in [3.05, 3.63) is 23.3 Å². The lowest BCUT2D eigenvalue weighted by Gasteiger charge is -2.30. The van der Waals surface area contributed by atoms with E-state index in [2.05, 4.69) is 10.6 Å². The minimum atomic E-state index is -4.50. The Labute approximate surface area is 173 Å². The molecular formula is C20H27F3N2O3S. The second kappa shape index (κ2) is 9.57. The summed E-state index contributed by atoms with van der Waals surface area (Å²) in [5, 5.41) is 6.67. The molecule has 1 saturated carbocycles. The molecule has 0 aromatic heterocycles. The average molecular weight is 433 g/mol. The molecule has 2 atom stereocenters. The zero-order valence-corrected chi connectivity index (χ0v) is 17.4. The van der Waals surface area contributed by atoms with E-state index in [1.54, 1.807) is 6.26 Å². The molecule has 1 aromatic rings. The van der Waals surface area contributed by atoms with Gasteiger partial charge in [0, 0.05) is 36.2 Å². The summed E-state index contributed by atoms with van der Waals surface area (Å²) in [6, 6.07) is 2.36. The van der Waals surface area contributed by atoms with E-state index in [-0.39, 0.29) is 28.3 Å². The Morgan fingerprint density at radius 1 is 1.17 bits per heavy atom. The first-order chi connectivity index (χ1) is 13.8. The minimum Gasteiger partial charge on any atom is -0.496 e. The molecule has 5 nitrogen and oxygen atoms in total. The zero-order chi connectivity index (χ0) is 21.0. The predicted molar refractivity (Wildman–Crippen MR) is 106 cm³/mol. The number of halogens is 3. The smallest absolute Gasteiger partial charge is 0.416 e. The van der Waals surface area contributed by atoms with E-state index in [0.717, 1.165) is 69.2 Å². The summed E-state index contributed by atoms with van der Waals surface area (Å²) < 4.78 is 50.1. The molecule has 0 bridgehead atoms. The third-order valence-electron chi connectivity index (χ3n) is 5.56. The number of carbonyl (C=O) groups excluding carboxylic acids is 1. The van der Waals surface area contributed by atoms with Gasteiger partial charge in [-0.3, -0.25) is 4.79 Å². The molecule has 2 N–H and O–H groups in total. The summed E-state index contributed by atoms with van der Waals surface area (Å²) in [6.07, 6.45) is 1.83. The van der Waals surface area contributed by atoms with Crippen LogP contribution < -0.4 is 15.4 Å². The van der Waals surface area contributed by atoms with Gasteiger partial charge in [0.25, 0.3) is 5.91 Å². The molecule has 0 spiro atoms. The Balaban J connectivity index is 1.77. The van der Waals surface area contributed by atoms with Crippen molar-refractivity contribution in [1.82, 2.24) is 10.6 Å². The number of methoxy groups -OCH3 is 1. The van der Waals surface area contributed by atoms with Gasteiger partial charge in [-0.05, 0) is 50.5 Å². The fourth-order valence-corrected chi connectivity index (χ4v) is 4.68. The number of thioether (sulfide) groups is 1. The van der Waals surface area contributed by atoms with E-state index in [0.29, 0.717) is 6.04 Å². The number of benzene rings is 1. The van der Waals surface area contributed by atoms with E-state index in [1.165, 1.54) is 7.11 Å². The second-order valence-electron chi connectivity index (χ2n) is 7.42. The number of amides is 1. The molecule has 1 aliphatic heterocycles. The largest absolute Gasteiger partial charge is 0.496 e. The summed E-state index contributed by atoms with van der Waals surface area (Å²) in [4.78, 5) is 13.3. The lowest BCUT2D eigenvalue weighted by molar-refractivity contribution is -0.137. The standard InChI is InChI=1S/C20H27F3N2O3S/c1-27-16-10-12(20(21,22)23)11-17(29-2)18(16)19(26)25-15-5-3-4-14(15)24-13-6-8-28-9-7-13/h10-11,13-15,24H,3-9H2,1-2H3,(H,25,26). The van der Waals surface area contributed by atoms with Crippen LogP contribution in [0.15, 0.2) is 17.0 Å². The van der Waals surface area contributed by atoms with Crippen LogP contribution in [0.2, 0.25) is 0 Å². The molecule has 2 fully saturated rings. The number of ether oxygens (including phenoxy) is 2. The highest BCUT2D eigenvalue weighted by atomic mass is 32.2. The highest BCUT2D eigenvalue weighted by Crippen LogP contribution is 2.38. The highest BCUT2D eigenvalue weighted by Gasteiger charge is 2.35. The van der Waals surface area contributed by atoms with Crippen LogP contribution in [0.4, 0.5) is 13.2 Å². The van der Waals surface area contributed by atoms with E-state index < -0.39 is 17.6 Å². The summed E-state index contributed by atoms with van der Waals surface area (Å²) in [5.74, 6) is -0.459. The van der Waals surface area contributed by atoms with Crippen molar-refractivity contribution >= 4 is 17.7 Å². The van der Waals surface area contributed by atoms with Crippen molar-refractivity contribution in [2.45, 2.75) is 61.3 Å². The number of hydrogen-bond acceptors (Lipinski definition) is 5. The maximum absolute atomic E-state index is 13.2. The Hall–Kier alpha value is -1.45. The Bertz CT molecular complexity index is 698. The lowest BCUT2D eigenvalue weighted by Crippen LogP contribution is -2.51. The second-order valence-corrected chi connectivity index (χ2v) is 8.27. The highest BCUT2D eigenvalue weighted by molar-refractivity contribution is 7.98. The van der Waals surface area contributed by atoms with E-state index in [1.807, 2.05) is 0 Å². The van der Waals surface area contributed by atoms with Gasteiger partial charge in [0.1, 0.15) is 5.75 Å². The number of alkyl halides is 3. The molecule has 1 aromatic carbocycles. The third-order valence-corrected chi connectivity index (χ3v) is 6.33. The van der Waals surface area contributed by atoms with E-state index >= 15 is 0 Å². The van der Waals surface area contributed by atoms with Crippen molar-refractivity contribution < 1.29 is 27.4 Å². The summed E-state index contributed by atoms with van der Waals surface area (Å²) in [6.45, 7) is 1.47. The first-order valence-electron chi connectivity index (χ1n) is 9.81. The predicted octanol–water partition coefficient (Wildman–Crippen LogP) is 3.86. The van der Waals surface area contributed by atoms with Gasteiger partial charge in [-0.1, -0.05) is 0 Å². The molecule has 162 valence electrons. The van der Waals surface area contributed by atoms with Gasteiger partial charge in [0.2, 0.25) is 0 Å². The van der Waals surface area contributed by atoms with Crippen LogP contribution in [0.1, 0.15) is 48.0 Å². The molecule has 0 radical (unpaired) electrons. The fraction of sp³-hybridized carbons (Fsp3) is 0.650. The maximum Gasteiger partial charge on any atom is 0.416 e. The number of rotatable bonds is 6. The maximum atomic E-state index is 13.2. The van der Waals surface area contributed by atoms with Crippen molar-refractivity contribution in [2.24, 2.45) is 0 Å². The van der Waals surface area contributed by atoms with Crippen LogP contribution in [0.3, 0.4) is 0 Å². The quantitative estimate of drug-likeness (QED) is 0.669. The molecule has 1 aliphatic carbocycles. The van der Waals surface area contributed by atoms with Gasteiger partial charge in [-0.2, -0.15) is 13.2 Å². The first kappa shape index (κ1) is 22.2. The molecular weight excluding hydrogens is 405 g/mol. The number of hydrogen-bond donors (Lipinski definition) is 2. The van der Waals surface area contributed by atoms with Crippen molar-refractivity contribution in [1.29, 1.82) is 0 Å². The van der Waals surface area contributed by atoms with Gasteiger partial charge in [-0.25, -0.2) is 0 Å². The summed E-state index contributed by atoms with van der Waals surface area (Å²) in [5.41, 5.74) is -0.667. The van der Waals surface area contributed by atoms with Gasteiger partial charge >= 0.3 is 6.18 Å². The molecule has 1 heterocycles. The summed E-state index contributed by atoms with van der Waals surface area (Å²) in [7, 11) is 1.28. The van der Waals surface area contributed by atoms with Crippen molar-refractivity contribution in [3.63, 3.8) is 0 Å². The molecule has 1 saturated heterocycles. The van der Waals surface area contributed by atoms with Gasteiger partial charge in [0.05, 0.1) is 18.2 Å². The molecule has 2 aliphatic rings. The molecule has 3 rings (SSSR count). The number of nitrogens with one attached hydrogen (secondary N) is 2. The van der Waals surface area contributed by atoms with E-state index in [9.17, 15) is 18.0 Å². The third kappa shape index (κ3) is 5.38. The van der Waals surface area contributed by atoms with Gasteiger partial charge < -0.3 is 20.1 Å². The van der Waals surface area contributed by atoms with E-state index in [4.69, 9.17) is 9.47 Å². The topological polar surface area (TPSA) is 59.6 Å². The zero-order valence-electron chi connectivity index (χ0n) is 16.6. The lowest BCUT2D eigenvalue weighted by atomic mass is 10.0. The Morgan fingerprint density at radius 2 is 1.86 bits per heavy atom. The Morgan fingerprint density at radius 3 is 2.48 bits per heavy atom. The Kier molecular flexibility index (Phi) is 7.34. The van der Waals surface area contributed by atoms with Crippen LogP contribution in [0, 0.1) is 0 Å². The van der Waals surface area contributed by atoms with Crippen LogP contribution >= 0.6 is 11.8 Å². The normalized spacial score (nSPS) is 23.2. The minimum absolute atomic E-state index is 0.0615. The summed E-state index contributed by atoms with van der Waals surface area (Å²) >= 11 is 1.10. The van der Waals surface area contributed by atoms with Crippen molar-refractivity contribution in [3.8, 4) is 5.75 Å².